The molecular weight excluding hydrogens is 282 g/mol. The van der Waals surface area contributed by atoms with Gasteiger partial charge in [-0.25, -0.2) is 13.1 Å². The molecule has 114 valence electrons. The molecule has 2 N–H and O–H groups in total. The molecule has 0 spiro atoms. The maximum atomic E-state index is 12.0. The van der Waals surface area contributed by atoms with Crippen molar-refractivity contribution in [2.24, 2.45) is 5.92 Å². The Bertz CT molecular complexity index is 486. The Labute approximate surface area is 119 Å². The Balaban J connectivity index is 2.63. The molecule has 0 aliphatic carbocycles. The number of methoxy groups -OCH3 is 1. The molecule has 0 bridgehead atoms. The summed E-state index contributed by atoms with van der Waals surface area (Å²) in [5.74, 6) is 0.618. The molecule has 0 saturated carbocycles. The molecule has 0 saturated heterocycles. The number of rotatable bonds is 9. The molecule has 0 aliphatic heterocycles. The van der Waals surface area contributed by atoms with E-state index in [0.29, 0.717) is 18.9 Å². The van der Waals surface area contributed by atoms with Crippen LogP contribution in [0, 0.1) is 5.92 Å². The van der Waals surface area contributed by atoms with Crippen LogP contribution in [0.2, 0.25) is 0 Å². The normalized spacial score (nSPS) is 13.2. The van der Waals surface area contributed by atoms with Crippen molar-refractivity contribution in [3.8, 4) is 5.75 Å². The molecule has 20 heavy (non-hydrogen) atoms. The first-order valence-electron chi connectivity index (χ1n) is 6.32. The van der Waals surface area contributed by atoms with Gasteiger partial charge in [-0.3, -0.25) is 0 Å². The molecule has 1 atom stereocenters. The number of ether oxygens (including phenoxy) is 2. The van der Waals surface area contributed by atoms with Gasteiger partial charge in [0.2, 0.25) is 10.0 Å². The summed E-state index contributed by atoms with van der Waals surface area (Å²) in [6, 6.07) is 6.05. The van der Waals surface area contributed by atoms with Crippen LogP contribution in [-0.4, -0.2) is 47.0 Å². The van der Waals surface area contributed by atoms with Crippen molar-refractivity contribution in [2.75, 3.05) is 33.5 Å². The fraction of sp³-hybridized carbons (Fsp3) is 0.538. The molecule has 0 heterocycles. The highest BCUT2D eigenvalue weighted by molar-refractivity contribution is 7.89. The Kier molecular flexibility index (Phi) is 6.94. The second kappa shape index (κ2) is 8.21. The average molecular weight is 303 g/mol. The van der Waals surface area contributed by atoms with Crippen LogP contribution < -0.4 is 9.46 Å². The summed E-state index contributed by atoms with van der Waals surface area (Å²) < 4.78 is 36.7. The molecule has 1 aromatic rings. The summed E-state index contributed by atoms with van der Waals surface area (Å²) in [6.07, 6.45) is 0. The standard InChI is InChI=1S/C13H21NO5S/c1-11(10-18-2)9-14-20(16,17)13-5-3-12(4-6-13)19-8-7-15/h3-6,11,14-15H,7-10H2,1-2H3. The summed E-state index contributed by atoms with van der Waals surface area (Å²) in [5, 5.41) is 8.64. The van der Waals surface area contributed by atoms with Gasteiger partial charge < -0.3 is 14.6 Å². The van der Waals surface area contributed by atoms with Crippen LogP contribution in [0.4, 0.5) is 0 Å². The molecule has 0 fully saturated rings. The second-order valence-corrected chi connectivity index (χ2v) is 6.22. The molecule has 0 aliphatic rings. The van der Waals surface area contributed by atoms with Crippen LogP contribution in [0.25, 0.3) is 0 Å². The van der Waals surface area contributed by atoms with Gasteiger partial charge in [0, 0.05) is 20.3 Å². The van der Waals surface area contributed by atoms with Gasteiger partial charge in [0.15, 0.2) is 0 Å². The maximum absolute atomic E-state index is 12.0. The van der Waals surface area contributed by atoms with Crippen molar-refractivity contribution in [3.05, 3.63) is 24.3 Å². The molecule has 1 rings (SSSR count). The smallest absolute Gasteiger partial charge is 0.240 e. The summed E-state index contributed by atoms with van der Waals surface area (Å²) in [6.45, 7) is 2.81. The number of hydrogen-bond donors (Lipinski definition) is 2. The van der Waals surface area contributed by atoms with Gasteiger partial charge in [-0.05, 0) is 30.2 Å². The van der Waals surface area contributed by atoms with Crippen LogP contribution in [0.5, 0.6) is 5.75 Å². The number of sulfonamides is 1. The summed E-state index contributed by atoms with van der Waals surface area (Å²) in [5.41, 5.74) is 0. The molecule has 0 radical (unpaired) electrons. The van der Waals surface area contributed by atoms with E-state index < -0.39 is 10.0 Å². The molecule has 1 unspecified atom stereocenters. The highest BCUT2D eigenvalue weighted by Gasteiger charge is 2.15. The third kappa shape index (κ3) is 5.46. The third-order valence-electron chi connectivity index (χ3n) is 2.57. The van der Waals surface area contributed by atoms with Gasteiger partial charge in [0.25, 0.3) is 0 Å². The Hall–Kier alpha value is -1.15. The van der Waals surface area contributed by atoms with Gasteiger partial charge in [0.1, 0.15) is 12.4 Å². The predicted octanol–water partition coefficient (Wildman–Crippen LogP) is 0.618. The lowest BCUT2D eigenvalue weighted by atomic mass is 10.2. The van der Waals surface area contributed by atoms with Crippen molar-refractivity contribution >= 4 is 10.0 Å². The van der Waals surface area contributed by atoms with Gasteiger partial charge >= 0.3 is 0 Å². The highest BCUT2D eigenvalue weighted by Crippen LogP contribution is 2.15. The van der Waals surface area contributed by atoms with Crippen LogP contribution >= 0.6 is 0 Å². The monoisotopic (exact) mass is 303 g/mol. The van der Waals surface area contributed by atoms with Gasteiger partial charge in [0.05, 0.1) is 11.5 Å². The Morgan fingerprint density at radius 2 is 1.95 bits per heavy atom. The van der Waals surface area contributed by atoms with Crippen molar-refractivity contribution in [1.82, 2.24) is 4.72 Å². The van der Waals surface area contributed by atoms with Crippen molar-refractivity contribution < 1.29 is 23.0 Å². The van der Waals surface area contributed by atoms with Crippen molar-refractivity contribution in [2.45, 2.75) is 11.8 Å². The SMILES string of the molecule is COCC(C)CNS(=O)(=O)c1ccc(OCCO)cc1. The fourth-order valence-electron chi connectivity index (χ4n) is 1.56. The van der Waals surface area contributed by atoms with Crippen LogP contribution in [0.3, 0.4) is 0 Å². The van der Waals surface area contributed by atoms with Crippen molar-refractivity contribution in [3.63, 3.8) is 0 Å². The van der Waals surface area contributed by atoms with Crippen molar-refractivity contribution in [1.29, 1.82) is 0 Å². The topological polar surface area (TPSA) is 84.9 Å². The van der Waals surface area contributed by atoms with Crippen LogP contribution in [0.15, 0.2) is 29.2 Å². The molecular formula is C13H21NO5S. The minimum Gasteiger partial charge on any atom is -0.491 e. The quantitative estimate of drug-likeness (QED) is 0.698. The highest BCUT2D eigenvalue weighted by atomic mass is 32.2. The lowest BCUT2D eigenvalue weighted by molar-refractivity contribution is 0.161. The fourth-order valence-corrected chi connectivity index (χ4v) is 2.72. The predicted molar refractivity (Wildman–Crippen MR) is 75.3 cm³/mol. The Morgan fingerprint density at radius 3 is 2.50 bits per heavy atom. The first-order chi connectivity index (χ1) is 9.49. The zero-order chi connectivity index (χ0) is 15.0. The van der Waals surface area contributed by atoms with Gasteiger partial charge in [-0.1, -0.05) is 6.92 Å². The molecule has 6 nitrogen and oxygen atoms in total. The van der Waals surface area contributed by atoms with E-state index in [4.69, 9.17) is 14.6 Å². The van der Waals surface area contributed by atoms with E-state index in [1.54, 1.807) is 19.2 Å². The largest absolute Gasteiger partial charge is 0.491 e. The number of aliphatic hydroxyl groups excluding tert-OH is 1. The van der Waals surface area contributed by atoms with E-state index in [9.17, 15) is 8.42 Å². The second-order valence-electron chi connectivity index (χ2n) is 4.46. The molecule has 0 amide bonds. The molecule has 7 heteroatoms. The summed E-state index contributed by atoms with van der Waals surface area (Å²) >= 11 is 0. The number of aliphatic hydroxyl groups is 1. The zero-order valence-corrected chi connectivity index (χ0v) is 12.5. The maximum Gasteiger partial charge on any atom is 0.240 e. The number of benzene rings is 1. The lowest BCUT2D eigenvalue weighted by Gasteiger charge is -2.12. The minimum absolute atomic E-state index is 0.0843. The number of hydrogen-bond acceptors (Lipinski definition) is 5. The molecule has 0 aromatic heterocycles. The summed E-state index contributed by atoms with van der Waals surface area (Å²) in [7, 11) is -1.94. The van der Waals surface area contributed by atoms with E-state index in [1.165, 1.54) is 12.1 Å². The first kappa shape index (κ1) is 16.9. The van der Waals surface area contributed by atoms with Gasteiger partial charge in [-0.2, -0.15) is 0 Å². The summed E-state index contributed by atoms with van der Waals surface area (Å²) in [4.78, 5) is 0.179. The number of nitrogens with one attached hydrogen (secondary N) is 1. The lowest BCUT2D eigenvalue weighted by Crippen LogP contribution is -2.30. The Morgan fingerprint density at radius 1 is 1.30 bits per heavy atom. The van der Waals surface area contributed by atoms with E-state index in [-0.39, 0.29) is 24.0 Å². The minimum atomic E-state index is -3.52. The first-order valence-corrected chi connectivity index (χ1v) is 7.80. The van der Waals surface area contributed by atoms with Crippen LogP contribution in [-0.2, 0) is 14.8 Å². The zero-order valence-electron chi connectivity index (χ0n) is 11.7. The average Bonchev–Trinajstić information content (AvgIpc) is 2.44. The van der Waals surface area contributed by atoms with E-state index >= 15 is 0 Å². The van der Waals surface area contributed by atoms with E-state index in [1.807, 2.05) is 6.92 Å². The third-order valence-corrected chi connectivity index (χ3v) is 4.01. The van der Waals surface area contributed by atoms with E-state index in [0.717, 1.165) is 0 Å². The van der Waals surface area contributed by atoms with Crippen LogP contribution in [0.1, 0.15) is 6.92 Å². The molecule has 1 aromatic carbocycles. The van der Waals surface area contributed by atoms with E-state index in [2.05, 4.69) is 4.72 Å². The van der Waals surface area contributed by atoms with Gasteiger partial charge in [-0.15, -0.1) is 0 Å².